The van der Waals surface area contributed by atoms with Crippen molar-refractivity contribution < 1.29 is 0 Å². The van der Waals surface area contributed by atoms with Crippen LogP contribution in [0.25, 0.3) is 21.5 Å². The third-order valence-corrected chi connectivity index (χ3v) is 5.88. The van der Waals surface area contributed by atoms with Crippen molar-refractivity contribution >= 4 is 56.4 Å². The summed E-state index contributed by atoms with van der Waals surface area (Å²) in [6, 6.07) is 12.5. The molecule has 0 N–H and O–H groups in total. The summed E-state index contributed by atoms with van der Waals surface area (Å²) in [5, 5.41) is 7.08. The van der Waals surface area contributed by atoms with Crippen molar-refractivity contribution in [2.45, 2.75) is 13.5 Å². The maximum Gasteiger partial charge on any atom is 0.294 e. The molecule has 0 aliphatic heterocycles. The van der Waals surface area contributed by atoms with E-state index in [4.69, 9.17) is 34.8 Å². The lowest BCUT2D eigenvalue weighted by Crippen LogP contribution is -2.24. The molecule has 136 valence electrons. The fraction of sp³-hybridized carbons (Fsp3) is 0.105. The number of benzene rings is 2. The fourth-order valence-corrected chi connectivity index (χ4v) is 4.29. The Bertz CT molecular complexity index is 1220. The van der Waals surface area contributed by atoms with E-state index in [0.717, 1.165) is 20.8 Å². The summed E-state index contributed by atoms with van der Waals surface area (Å²) >= 11 is 19.7. The number of thiazole rings is 1. The van der Waals surface area contributed by atoms with E-state index in [1.54, 1.807) is 30.3 Å². The minimum Gasteiger partial charge on any atom is -0.265 e. The largest absolute Gasteiger partial charge is 0.294 e. The van der Waals surface area contributed by atoms with Gasteiger partial charge in [-0.3, -0.25) is 4.79 Å². The minimum atomic E-state index is -0.252. The van der Waals surface area contributed by atoms with Gasteiger partial charge in [-0.15, -0.1) is 11.3 Å². The molecule has 2 aromatic heterocycles. The predicted octanol–water partition coefficient (Wildman–Crippen LogP) is 5.84. The quantitative estimate of drug-likeness (QED) is 0.405. The van der Waals surface area contributed by atoms with Crippen molar-refractivity contribution in [2.24, 2.45) is 0 Å². The lowest BCUT2D eigenvalue weighted by atomic mass is 10.1. The van der Waals surface area contributed by atoms with Crippen LogP contribution in [-0.2, 0) is 6.54 Å². The van der Waals surface area contributed by atoms with Crippen molar-refractivity contribution in [3.63, 3.8) is 0 Å². The molecule has 27 heavy (non-hydrogen) atoms. The van der Waals surface area contributed by atoms with Gasteiger partial charge in [-0.25, -0.2) is 9.67 Å². The highest BCUT2D eigenvalue weighted by Crippen LogP contribution is 2.30. The van der Waals surface area contributed by atoms with Crippen LogP contribution in [0.5, 0.6) is 0 Å². The predicted molar refractivity (Wildman–Crippen MR) is 112 cm³/mol. The summed E-state index contributed by atoms with van der Waals surface area (Å²) in [7, 11) is 0. The zero-order chi connectivity index (χ0) is 19.1. The first-order valence-corrected chi connectivity index (χ1v) is 9.95. The first-order valence-electron chi connectivity index (χ1n) is 8.00. The number of hydrogen-bond acceptors (Lipinski definition) is 4. The number of nitrogens with zero attached hydrogens (tertiary/aromatic N) is 3. The highest BCUT2D eigenvalue weighted by molar-refractivity contribution is 7.19. The molecule has 0 unspecified atom stereocenters. The summed E-state index contributed by atoms with van der Waals surface area (Å²) in [6.07, 6.45) is 0. The summed E-state index contributed by atoms with van der Waals surface area (Å²) in [5.74, 6) is 0. The molecule has 0 bridgehead atoms. The third-order valence-electron chi connectivity index (χ3n) is 4.06. The van der Waals surface area contributed by atoms with E-state index in [1.807, 2.05) is 19.1 Å². The molecule has 2 aromatic carbocycles. The van der Waals surface area contributed by atoms with Gasteiger partial charge in [0.05, 0.1) is 16.3 Å². The zero-order valence-corrected chi connectivity index (χ0v) is 17.1. The van der Waals surface area contributed by atoms with E-state index in [0.29, 0.717) is 26.3 Å². The normalized spacial score (nSPS) is 11.3. The summed E-state index contributed by atoms with van der Waals surface area (Å²) < 4.78 is 2.15. The van der Waals surface area contributed by atoms with Crippen molar-refractivity contribution in [1.82, 2.24) is 14.8 Å². The molecular weight excluding hydrogens is 425 g/mol. The smallest absolute Gasteiger partial charge is 0.265 e. The molecule has 0 saturated heterocycles. The molecule has 0 fully saturated rings. The van der Waals surface area contributed by atoms with Crippen LogP contribution in [0.15, 0.2) is 47.3 Å². The molecule has 0 radical (unpaired) electrons. The van der Waals surface area contributed by atoms with E-state index < -0.39 is 0 Å². The molecule has 8 heteroatoms. The highest BCUT2D eigenvalue weighted by atomic mass is 35.5. The molecule has 0 aliphatic carbocycles. The van der Waals surface area contributed by atoms with Crippen LogP contribution in [0.2, 0.25) is 15.1 Å². The molecule has 0 saturated carbocycles. The molecule has 4 nitrogen and oxygen atoms in total. The lowest BCUT2D eigenvalue weighted by molar-refractivity contribution is 0.650. The van der Waals surface area contributed by atoms with E-state index in [1.165, 1.54) is 16.0 Å². The fourth-order valence-electron chi connectivity index (χ4n) is 2.78. The van der Waals surface area contributed by atoms with Gasteiger partial charge in [0.25, 0.3) is 5.56 Å². The molecule has 4 rings (SSSR count). The van der Waals surface area contributed by atoms with Crippen LogP contribution in [-0.4, -0.2) is 14.8 Å². The lowest BCUT2D eigenvalue weighted by Gasteiger charge is -2.10. The minimum absolute atomic E-state index is 0.224. The van der Waals surface area contributed by atoms with Crippen molar-refractivity contribution in [3.05, 3.63) is 78.5 Å². The zero-order valence-electron chi connectivity index (χ0n) is 14.0. The summed E-state index contributed by atoms with van der Waals surface area (Å²) in [6.45, 7) is 2.10. The van der Waals surface area contributed by atoms with Gasteiger partial charge in [-0.2, -0.15) is 5.10 Å². The summed E-state index contributed by atoms with van der Waals surface area (Å²) in [4.78, 5) is 17.3. The Labute approximate surface area is 174 Å². The Morgan fingerprint density at radius 3 is 2.44 bits per heavy atom. The Balaban J connectivity index is 1.92. The molecule has 4 aromatic rings. The van der Waals surface area contributed by atoms with Gasteiger partial charge in [-0.1, -0.05) is 53.0 Å². The molecule has 0 spiro atoms. The van der Waals surface area contributed by atoms with Crippen molar-refractivity contribution in [3.8, 4) is 11.3 Å². The van der Waals surface area contributed by atoms with E-state index in [-0.39, 0.29) is 12.1 Å². The van der Waals surface area contributed by atoms with Gasteiger partial charge >= 0.3 is 0 Å². The van der Waals surface area contributed by atoms with Crippen LogP contribution >= 0.6 is 46.1 Å². The van der Waals surface area contributed by atoms with E-state index >= 15 is 0 Å². The van der Waals surface area contributed by atoms with Gasteiger partial charge in [0.1, 0.15) is 5.69 Å². The van der Waals surface area contributed by atoms with E-state index in [9.17, 15) is 4.79 Å². The molecular formula is C19H12Cl3N3OS. The van der Waals surface area contributed by atoms with Crippen molar-refractivity contribution in [1.29, 1.82) is 0 Å². The first-order chi connectivity index (χ1) is 12.9. The van der Waals surface area contributed by atoms with Crippen LogP contribution in [0, 0.1) is 6.92 Å². The first kappa shape index (κ1) is 18.4. The topological polar surface area (TPSA) is 47.8 Å². The van der Waals surface area contributed by atoms with Gasteiger partial charge in [-0.05, 0) is 36.8 Å². The van der Waals surface area contributed by atoms with Crippen molar-refractivity contribution in [2.75, 3.05) is 0 Å². The van der Waals surface area contributed by atoms with E-state index in [2.05, 4.69) is 10.1 Å². The number of rotatable bonds is 3. The monoisotopic (exact) mass is 435 g/mol. The van der Waals surface area contributed by atoms with Crippen LogP contribution in [0.4, 0.5) is 0 Å². The van der Waals surface area contributed by atoms with Crippen LogP contribution in [0.1, 0.15) is 10.6 Å². The number of hydrogen-bond donors (Lipinski definition) is 0. The number of aryl methyl sites for hydroxylation is 1. The maximum absolute atomic E-state index is 12.9. The molecule has 0 aliphatic rings. The Morgan fingerprint density at radius 1 is 1.04 bits per heavy atom. The number of halogens is 3. The Morgan fingerprint density at radius 2 is 1.74 bits per heavy atom. The Hall–Kier alpha value is -1.92. The average molecular weight is 437 g/mol. The summed E-state index contributed by atoms with van der Waals surface area (Å²) in [5.41, 5.74) is 2.46. The second-order valence-corrected chi connectivity index (χ2v) is 8.45. The standard InChI is InChI=1S/C19H12Cl3N3OS/c1-10-23-17-18(27-10)16(11-2-5-13(20)6-3-11)24-25(19(17)26)9-12-4-7-14(21)8-15(12)22/h2-8H,9H2,1H3. The van der Waals surface area contributed by atoms with Crippen LogP contribution in [0.3, 0.4) is 0 Å². The number of fused-ring (bicyclic) bond motifs is 1. The van der Waals surface area contributed by atoms with Gasteiger partial charge in [0, 0.05) is 20.6 Å². The average Bonchev–Trinajstić information content (AvgIpc) is 3.02. The van der Waals surface area contributed by atoms with Gasteiger partial charge < -0.3 is 0 Å². The maximum atomic E-state index is 12.9. The molecule has 0 amide bonds. The number of aromatic nitrogens is 3. The SMILES string of the molecule is Cc1nc2c(=O)n(Cc3ccc(Cl)cc3Cl)nc(-c3ccc(Cl)cc3)c2s1. The second kappa shape index (κ2) is 7.24. The highest BCUT2D eigenvalue weighted by Gasteiger charge is 2.17. The van der Waals surface area contributed by atoms with Gasteiger partial charge in [0.15, 0.2) is 5.52 Å². The molecule has 0 atom stereocenters. The van der Waals surface area contributed by atoms with Gasteiger partial charge in [0.2, 0.25) is 0 Å². The third kappa shape index (κ3) is 3.60. The molecule has 2 heterocycles. The Kier molecular flexibility index (Phi) is 4.95. The second-order valence-electron chi connectivity index (χ2n) is 5.96. The van der Waals surface area contributed by atoms with Crippen LogP contribution < -0.4 is 5.56 Å².